The summed E-state index contributed by atoms with van der Waals surface area (Å²) in [5.41, 5.74) is 0.865. The average Bonchev–Trinajstić information content (AvgIpc) is 3.24. The van der Waals surface area contributed by atoms with Crippen molar-refractivity contribution in [1.82, 2.24) is 15.1 Å². The lowest BCUT2D eigenvalue weighted by atomic mass is 10.2. The first-order chi connectivity index (χ1) is 11.6. The van der Waals surface area contributed by atoms with E-state index in [0.29, 0.717) is 11.6 Å². The molecule has 0 bridgehead atoms. The summed E-state index contributed by atoms with van der Waals surface area (Å²) in [6.45, 7) is 2.93. The molecule has 1 amide bonds. The fraction of sp³-hybridized carbons (Fsp3) is 0.412. The van der Waals surface area contributed by atoms with Crippen molar-refractivity contribution in [3.63, 3.8) is 0 Å². The van der Waals surface area contributed by atoms with E-state index in [-0.39, 0.29) is 17.9 Å². The first kappa shape index (κ1) is 16.8. The smallest absolute Gasteiger partial charge is 0.260 e. The van der Waals surface area contributed by atoms with Crippen molar-refractivity contribution in [2.24, 2.45) is 0 Å². The quantitative estimate of drug-likeness (QED) is 0.870. The van der Waals surface area contributed by atoms with E-state index in [4.69, 9.17) is 21.1 Å². The Bertz CT molecular complexity index is 684. The number of hydrogen-bond donors (Lipinski definition) is 1. The highest BCUT2D eigenvalue weighted by Gasteiger charge is 2.21. The van der Waals surface area contributed by atoms with Gasteiger partial charge in [-0.3, -0.25) is 4.79 Å². The number of nitrogens with one attached hydrogen (secondary N) is 1. The lowest BCUT2D eigenvalue weighted by Gasteiger charge is -2.15. The minimum absolute atomic E-state index is 0.0991. The maximum atomic E-state index is 12.1. The monoisotopic (exact) mass is 349 g/mol. The molecule has 2 heterocycles. The molecule has 1 aromatic carbocycles. The highest BCUT2D eigenvalue weighted by Crippen LogP contribution is 2.25. The van der Waals surface area contributed by atoms with Gasteiger partial charge in [-0.25, -0.2) is 4.68 Å². The first-order valence-electron chi connectivity index (χ1n) is 8.00. The summed E-state index contributed by atoms with van der Waals surface area (Å²) in [5, 5.41) is 7.49. The van der Waals surface area contributed by atoms with Crippen molar-refractivity contribution in [3.05, 3.63) is 41.6 Å². The summed E-state index contributed by atoms with van der Waals surface area (Å²) in [6.07, 6.45) is 3.08. The van der Waals surface area contributed by atoms with E-state index in [1.165, 1.54) is 0 Å². The second kappa shape index (κ2) is 7.68. The number of rotatable bonds is 6. The van der Waals surface area contributed by atoms with Crippen LogP contribution in [-0.4, -0.2) is 41.0 Å². The van der Waals surface area contributed by atoms with Crippen molar-refractivity contribution in [1.29, 1.82) is 0 Å². The molecule has 1 aliphatic rings. The second-order valence-electron chi connectivity index (χ2n) is 5.70. The van der Waals surface area contributed by atoms with Gasteiger partial charge in [-0.15, -0.1) is 5.10 Å². The zero-order valence-corrected chi connectivity index (χ0v) is 14.2. The van der Waals surface area contributed by atoms with Gasteiger partial charge in [0.05, 0.1) is 18.0 Å². The van der Waals surface area contributed by atoms with E-state index in [1.54, 1.807) is 17.8 Å². The van der Waals surface area contributed by atoms with Crippen LogP contribution in [-0.2, 0) is 9.53 Å². The van der Waals surface area contributed by atoms with E-state index in [1.807, 2.05) is 30.3 Å². The Morgan fingerprint density at radius 1 is 1.50 bits per heavy atom. The zero-order chi connectivity index (χ0) is 16.9. The number of carbonyl (C=O) groups is 1. The molecule has 1 saturated heterocycles. The summed E-state index contributed by atoms with van der Waals surface area (Å²) in [5.74, 6) is 0.0242. The highest BCUT2D eigenvalue weighted by atomic mass is 35.5. The SMILES string of the molecule is C[C@@H](Oc1nn(-c2ccccc2)cc1Cl)C(=O)NC[C@H]1CCCO1. The molecule has 2 aromatic rings. The van der Waals surface area contributed by atoms with Crippen molar-refractivity contribution in [2.45, 2.75) is 32.0 Å². The lowest BCUT2D eigenvalue weighted by Crippen LogP contribution is -2.40. The topological polar surface area (TPSA) is 65.4 Å². The van der Waals surface area contributed by atoms with Gasteiger partial charge < -0.3 is 14.8 Å². The minimum Gasteiger partial charge on any atom is -0.462 e. The second-order valence-corrected chi connectivity index (χ2v) is 6.11. The number of halogens is 1. The maximum Gasteiger partial charge on any atom is 0.260 e. The van der Waals surface area contributed by atoms with Crippen LogP contribution in [0.15, 0.2) is 36.5 Å². The molecule has 1 aliphatic heterocycles. The summed E-state index contributed by atoms with van der Waals surface area (Å²) >= 11 is 6.16. The van der Waals surface area contributed by atoms with Gasteiger partial charge >= 0.3 is 0 Å². The summed E-state index contributed by atoms with van der Waals surface area (Å²) in [6, 6.07) is 9.56. The highest BCUT2D eigenvalue weighted by molar-refractivity contribution is 6.31. The van der Waals surface area contributed by atoms with Crippen LogP contribution in [0.3, 0.4) is 0 Å². The Morgan fingerprint density at radius 2 is 2.29 bits per heavy atom. The van der Waals surface area contributed by atoms with Gasteiger partial charge in [0.2, 0.25) is 0 Å². The molecule has 6 nitrogen and oxygen atoms in total. The third-order valence-corrected chi connectivity index (χ3v) is 4.10. The Balaban J connectivity index is 1.58. The van der Waals surface area contributed by atoms with Gasteiger partial charge in [-0.1, -0.05) is 29.8 Å². The molecular weight excluding hydrogens is 330 g/mol. The van der Waals surface area contributed by atoms with E-state index < -0.39 is 6.10 Å². The molecule has 0 unspecified atom stereocenters. The first-order valence-corrected chi connectivity index (χ1v) is 8.38. The Kier molecular flexibility index (Phi) is 5.37. The fourth-order valence-corrected chi connectivity index (χ4v) is 2.69. The van der Waals surface area contributed by atoms with Crippen LogP contribution >= 0.6 is 11.6 Å². The van der Waals surface area contributed by atoms with Crippen molar-refractivity contribution < 1.29 is 14.3 Å². The number of nitrogens with zero attached hydrogens (tertiary/aromatic N) is 2. The van der Waals surface area contributed by atoms with Crippen LogP contribution in [0, 0.1) is 0 Å². The maximum absolute atomic E-state index is 12.1. The van der Waals surface area contributed by atoms with Crippen LogP contribution < -0.4 is 10.1 Å². The van der Waals surface area contributed by atoms with Crippen LogP contribution in [0.25, 0.3) is 5.69 Å². The predicted octanol–water partition coefficient (Wildman–Crippen LogP) is 2.59. The molecule has 1 aromatic heterocycles. The zero-order valence-electron chi connectivity index (χ0n) is 13.4. The Morgan fingerprint density at radius 3 is 3.00 bits per heavy atom. The van der Waals surface area contributed by atoms with E-state index >= 15 is 0 Å². The van der Waals surface area contributed by atoms with Crippen LogP contribution in [0.1, 0.15) is 19.8 Å². The van der Waals surface area contributed by atoms with Crippen molar-refractivity contribution in [3.8, 4) is 11.6 Å². The predicted molar refractivity (Wildman–Crippen MR) is 90.6 cm³/mol. The number of benzene rings is 1. The van der Waals surface area contributed by atoms with Gasteiger partial charge in [0.1, 0.15) is 5.02 Å². The van der Waals surface area contributed by atoms with Crippen molar-refractivity contribution >= 4 is 17.5 Å². The third kappa shape index (κ3) is 4.07. The molecule has 0 aliphatic carbocycles. The van der Waals surface area contributed by atoms with E-state index in [0.717, 1.165) is 25.1 Å². The molecule has 24 heavy (non-hydrogen) atoms. The molecule has 3 rings (SSSR count). The summed E-state index contributed by atoms with van der Waals surface area (Å²) in [7, 11) is 0. The number of para-hydroxylation sites is 1. The minimum atomic E-state index is -0.692. The van der Waals surface area contributed by atoms with Gasteiger partial charge in [-0.2, -0.15) is 0 Å². The van der Waals surface area contributed by atoms with E-state index in [2.05, 4.69) is 10.4 Å². The standard InChI is InChI=1S/C17H20ClN3O3/c1-12(16(22)19-10-14-8-5-9-23-14)24-17-15(18)11-21(20-17)13-6-3-2-4-7-13/h2-4,6-7,11-12,14H,5,8-10H2,1H3,(H,19,22)/t12-,14-/m1/s1. The molecule has 1 N–H and O–H groups in total. The third-order valence-electron chi connectivity index (χ3n) is 3.84. The molecule has 1 fully saturated rings. The number of aromatic nitrogens is 2. The molecule has 0 saturated carbocycles. The molecule has 128 valence electrons. The summed E-state index contributed by atoms with van der Waals surface area (Å²) < 4.78 is 12.7. The normalized spacial score (nSPS) is 18.3. The number of hydrogen-bond acceptors (Lipinski definition) is 4. The van der Waals surface area contributed by atoms with Gasteiger partial charge in [0.25, 0.3) is 11.8 Å². The lowest BCUT2D eigenvalue weighted by molar-refractivity contribution is -0.127. The number of carbonyl (C=O) groups excluding carboxylic acids is 1. The van der Waals surface area contributed by atoms with Gasteiger partial charge in [0, 0.05) is 13.2 Å². The molecule has 0 spiro atoms. The van der Waals surface area contributed by atoms with Crippen LogP contribution in [0.5, 0.6) is 5.88 Å². The Hall–Kier alpha value is -2.05. The van der Waals surface area contributed by atoms with Gasteiger partial charge in [0.15, 0.2) is 6.10 Å². The molecular formula is C17H20ClN3O3. The van der Waals surface area contributed by atoms with Crippen molar-refractivity contribution in [2.75, 3.05) is 13.2 Å². The molecule has 7 heteroatoms. The average molecular weight is 350 g/mol. The summed E-state index contributed by atoms with van der Waals surface area (Å²) in [4.78, 5) is 12.1. The molecule has 0 radical (unpaired) electrons. The largest absolute Gasteiger partial charge is 0.462 e. The fourth-order valence-electron chi connectivity index (χ4n) is 2.51. The molecule has 2 atom stereocenters. The Labute approximate surface area is 145 Å². The van der Waals surface area contributed by atoms with E-state index in [9.17, 15) is 4.79 Å². The number of amides is 1. The van der Waals surface area contributed by atoms with Crippen LogP contribution in [0.2, 0.25) is 5.02 Å². The van der Waals surface area contributed by atoms with Gasteiger partial charge in [-0.05, 0) is 31.9 Å². The van der Waals surface area contributed by atoms with Crippen LogP contribution in [0.4, 0.5) is 0 Å². The number of ether oxygens (including phenoxy) is 2.